The molecule has 2 heteroatoms. The largest absolute Gasteiger partial charge is 0.327 e. The summed E-state index contributed by atoms with van der Waals surface area (Å²) in [5.74, 6) is 1.96. The average molecular weight is 204 g/mol. The van der Waals surface area contributed by atoms with E-state index in [0.29, 0.717) is 11.8 Å². The van der Waals surface area contributed by atoms with Gasteiger partial charge in [-0.25, -0.2) is 0 Å². The van der Waals surface area contributed by atoms with Crippen LogP contribution < -0.4 is 5.73 Å². The summed E-state index contributed by atoms with van der Waals surface area (Å²) < 4.78 is 0. The third kappa shape index (κ3) is 2.37. The Balaban J connectivity index is 2.03. The molecular formula is C13H20N2. The number of aromatic nitrogens is 1. The quantitative estimate of drug-likeness (QED) is 0.818. The van der Waals surface area contributed by atoms with E-state index in [1.807, 2.05) is 12.4 Å². The van der Waals surface area contributed by atoms with Crippen LogP contribution in [0.25, 0.3) is 0 Å². The minimum atomic E-state index is 0.278. The molecule has 1 aromatic heterocycles. The van der Waals surface area contributed by atoms with Crippen molar-refractivity contribution in [3.8, 4) is 0 Å². The molecular weight excluding hydrogens is 184 g/mol. The van der Waals surface area contributed by atoms with E-state index in [9.17, 15) is 0 Å². The van der Waals surface area contributed by atoms with E-state index in [4.69, 9.17) is 5.73 Å². The summed E-state index contributed by atoms with van der Waals surface area (Å²) in [6.07, 6.45) is 6.44. The molecule has 0 aliphatic heterocycles. The van der Waals surface area contributed by atoms with E-state index in [1.165, 1.54) is 18.4 Å². The van der Waals surface area contributed by atoms with Gasteiger partial charge in [-0.1, -0.05) is 13.8 Å². The molecule has 1 aliphatic carbocycles. The van der Waals surface area contributed by atoms with Crippen molar-refractivity contribution in [3.63, 3.8) is 0 Å². The molecule has 0 bridgehead atoms. The Morgan fingerprint density at radius 1 is 1.27 bits per heavy atom. The minimum absolute atomic E-state index is 0.278. The Hall–Kier alpha value is -0.890. The maximum absolute atomic E-state index is 6.31. The highest BCUT2D eigenvalue weighted by Gasteiger charge is 2.34. The monoisotopic (exact) mass is 204 g/mol. The van der Waals surface area contributed by atoms with Crippen LogP contribution >= 0.6 is 0 Å². The summed E-state index contributed by atoms with van der Waals surface area (Å²) in [4.78, 5) is 4.04. The smallest absolute Gasteiger partial charge is 0.0270 e. The van der Waals surface area contributed by atoms with Crippen LogP contribution in [0.2, 0.25) is 0 Å². The van der Waals surface area contributed by atoms with Gasteiger partial charge in [0, 0.05) is 18.4 Å². The van der Waals surface area contributed by atoms with E-state index in [0.717, 1.165) is 5.92 Å². The van der Waals surface area contributed by atoms with Gasteiger partial charge in [0.1, 0.15) is 0 Å². The van der Waals surface area contributed by atoms with Gasteiger partial charge in [0.2, 0.25) is 0 Å². The molecule has 2 nitrogen and oxygen atoms in total. The highest BCUT2D eigenvalue weighted by molar-refractivity contribution is 5.17. The second kappa shape index (κ2) is 4.31. The Labute approximate surface area is 91.9 Å². The summed E-state index contributed by atoms with van der Waals surface area (Å²) >= 11 is 0. The predicted molar refractivity (Wildman–Crippen MR) is 62.5 cm³/mol. The molecule has 0 aromatic carbocycles. The van der Waals surface area contributed by atoms with E-state index in [-0.39, 0.29) is 6.04 Å². The number of hydrogen-bond donors (Lipinski definition) is 1. The number of nitrogens with zero attached hydrogens (tertiary/aromatic N) is 1. The van der Waals surface area contributed by atoms with Gasteiger partial charge in [-0.2, -0.15) is 0 Å². The lowest BCUT2D eigenvalue weighted by atomic mass is 9.84. The molecule has 3 atom stereocenters. The van der Waals surface area contributed by atoms with Crippen LogP contribution in [-0.4, -0.2) is 11.0 Å². The van der Waals surface area contributed by atoms with E-state index >= 15 is 0 Å². The van der Waals surface area contributed by atoms with Crippen molar-refractivity contribution >= 4 is 0 Å². The maximum Gasteiger partial charge on any atom is 0.0270 e. The van der Waals surface area contributed by atoms with Crippen molar-refractivity contribution in [1.82, 2.24) is 4.98 Å². The molecule has 1 saturated carbocycles. The second-order valence-electron chi connectivity index (χ2n) is 4.84. The minimum Gasteiger partial charge on any atom is -0.327 e. The van der Waals surface area contributed by atoms with Crippen molar-refractivity contribution < 1.29 is 0 Å². The molecule has 1 heterocycles. The van der Waals surface area contributed by atoms with Crippen molar-refractivity contribution in [1.29, 1.82) is 0 Å². The van der Waals surface area contributed by atoms with Gasteiger partial charge in [0.25, 0.3) is 0 Å². The number of hydrogen-bond acceptors (Lipinski definition) is 2. The van der Waals surface area contributed by atoms with Gasteiger partial charge < -0.3 is 5.73 Å². The molecule has 0 saturated heterocycles. The fraction of sp³-hybridized carbons (Fsp3) is 0.615. The van der Waals surface area contributed by atoms with Crippen LogP contribution in [0, 0.1) is 11.8 Å². The van der Waals surface area contributed by atoms with E-state index in [2.05, 4.69) is 31.0 Å². The van der Waals surface area contributed by atoms with Gasteiger partial charge in [-0.05, 0) is 48.3 Å². The highest BCUT2D eigenvalue weighted by Crippen LogP contribution is 2.40. The van der Waals surface area contributed by atoms with E-state index < -0.39 is 0 Å². The summed E-state index contributed by atoms with van der Waals surface area (Å²) in [6.45, 7) is 4.51. The average Bonchev–Trinajstić information content (AvgIpc) is 3.11. The van der Waals surface area contributed by atoms with Crippen LogP contribution in [0.4, 0.5) is 0 Å². The first-order valence-corrected chi connectivity index (χ1v) is 5.85. The molecule has 2 rings (SSSR count). The Bertz CT molecular complexity index is 306. The molecule has 1 fully saturated rings. The van der Waals surface area contributed by atoms with E-state index in [1.54, 1.807) is 0 Å². The highest BCUT2D eigenvalue weighted by atomic mass is 14.7. The lowest BCUT2D eigenvalue weighted by Gasteiger charge is -2.26. The molecule has 0 radical (unpaired) electrons. The lowest BCUT2D eigenvalue weighted by Crippen LogP contribution is -2.34. The summed E-state index contributed by atoms with van der Waals surface area (Å²) in [7, 11) is 0. The Morgan fingerprint density at radius 2 is 1.87 bits per heavy atom. The Kier molecular flexibility index (Phi) is 3.06. The third-order valence-corrected chi connectivity index (χ3v) is 3.78. The second-order valence-corrected chi connectivity index (χ2v) is 4.84. The molecule has 2 N–H and O–H groups in total. The number of rotatable bonds is 4. The maximum atomic E-state index is 6.31. The van der Waals surface area contributed by atoms with Crippen LogP contribution in [0.3, 0.4) is 0 Å². The molecule has 82 valence electrons. The zero-order valence-corrected chi connectivity index (χ0v) is 9.56. The van der Waals surface area contributed by atoms with Crippen molar-refractivity contribution in [3.05, 3.63) is 30.1 Å². The number of nitrogens with two attached hydrogens (primary N) is 1. The topological polar surface area (TPSA) is 38.9 Å². The van der Waals surface area contributed by atoms with Crippen LogP contribution in [0.15, 0.2) is 24.5 Å². The van der Waals surface area contributed by atoms with Crippen molar-refractivity contribution in [2.24, 2.45) is 17.6 Å². The number of pyridine rings is 1. The molecule has 3 unspecified atom stereocenters. The van der Waals surface area contributed by atoms with Crippen LogP contribution in [0.1, 0.15) is 38.2 Å². The molecule has 0 amide bonds. The van der Waals surface area contributed by atoms with Gasteiger partial charge in [0.05, 0.1) is 0 Å². The first kappa shape index (κ1) is 10.6. The Morgan fingerprint density at radius 3 is 2.40 bits per heavy atom. The fourth-order valence-corrected chi connectivity index (χ4v) is 2.28. The lowest BCUT2D eigenvalue weighted by molar-refractivity contribution is 0.366. The van der Waals surface area contributed by atoms with Crippen molar-refractivity contribution in [2.75, 3.05) is 0 Å². The fourth-order valence-electron chi connectivity index (χ4n) is 2.28. The van der Waals surface area contributed by atoms with Crippen LogP contribution in [0.5, 0.6) is 0 Å². The molecule has 1 aliphatic rings. The van der Waals surface area contributed by atoms with Gasteiger partial charge in [-0.15, -0.1) is 0 Å². The first-order valence-electron chi connectivity index (χ1n) is 5.85. The molecule has 1 aromatic rings. The SMILES string of the molecule is CC(c1ccncc1)C(N)C(C)C1CC1. The zero-order chi connectivity index (χ0) is 10.8. The normalized spacial score (nSPS) is 22.1. The third-order valence-electron chi connectivity index (χ3n) is 3.78. The summed E-state index contributed by atoms with van der Waals surface area (Å²) in [5, 5.41) is 0. The van der Waals surface area contributed by atoms with Crippen molar-refractivity contribution in [2.45, 2.75) is 38.6 Å². The van der Waals surface area contributed by atoms with Gasteiger partial charge in [0.15, 0.2) is 0 Å². The zero-order valence-electron chi connectivity index (χ0n) is 9.56. The standard InChI is InChI=1S/C13H20N2/c1-9(11-3-4-11)13(14)10(2)12-5-7-15-8-6-12/h5-11,13H,3-4,14H2,1-2H3. The van der Waals surface area contributed by atoms with Gasteiger partial charge in [-0.3, -0.25) is 4.98 Å². The predicted octanol–water partition coefficient (Wildman–Crippen LogP) is 2.56. The summed E-state index contributed by atoms with van der Waals surface area (Å²) in [6, 6.07) is 4.42. The van der Waals surface area contributed by atoms with Gasteiger partial charge >= 0.3 is 0 Å². The van der Waals surface area contributed by atoms with Crippen LogP contribution in [-0.2, 0) is 0 Å². The first-order chi connectivity index (χ1) is 7.20. The molecule has 0 spiro atoms. The molecule has 15 heavy (non-hydrogen) atoms. The summed E-state index contributed by atoms with van der Waals surface area (Å²) in [5.41, 5.74) is 7.62.